The van der Waals surface area contributed by atoms with Crippen LogP contribution in [0.25, 0.3) is 6.08 Å². The number of pyridine rings is 1. The number of hydrogen-bond donors (Lipinski definition) is 1. The number of thioether (sulfide) groups is 2. The minimum atomic E-state index is -4.60. The molecule has 1 N–H and O–H groups in total. The summed E-state index contributed by atoms with van der Waals surface area (Å²) in [5.74, 6) is -1.31. The third kappa shape index (κ3) is 6.25. The standard InChI is InChI=1S/C19H13ClF3N3O3S2/c20-12-5-3-11(4-6-12)10-14-17(28)26(18(29)30-14)9-8-24-15(27)13-2-1-7-25-16(13)31-19(21,22)23/h1-7,10H,8-9H2,(H,24,27)/b14-10+. The molecule has 6 nitrogen and oxygen atoms in total. The fraction of sp³-hybridized carbons (Fsp3) is 0.158. The summed E-state index contributed by atoms with van der Waals surface area (Å²) in [5, 5.41) is 1.96. The van der Waals surface area contributed by atoms with E-state index in [9.17, 15) is 27.6 Å². The fourth-order valence-corrected chi connectivity index (χ4v) is 4.13. The summed E-state index contributed by atoms with van der Waals surface area (Å²) < 4.78 is 37.9. The van der Waals surface area contributed by atoms with E-state index in [1.807, 2.05) is 0 Å². The predicted molar refractivity (Wildman–Crippen MR) is 113 cm³/mol. The van der Waals surface area contributed by atoms with E-state index >= 15 is 0 Å². The van der Waals surface area contributed by atoms with Crippen molar-refractivity contribution in [3.8, 4) is 0 Å². The van der Waals surface area contributed by atoms with Crippen molar-refractivity contribution < 1.29 is 27.6 Å². The van der Waals surface area contributed by atoms with Crippen molar-refractivity contribution in [1.82, 2.24) is 15.2 Å². The van der Waals surface area contributed by atoms with Gasteiger partial charge in [-0.15, -0.1) is 0 Å². The second kappa shape index (κ2) is 9.75. The van der Waals surface area contributed by atoms with Gasteiger partial charge in [-0.25, -0.2) is 4.98 Å². The van der Waals surface area contributed by atoms with E-state index in [-0.39, 0.29) is 23.6 Å². The third-order valence-electron chi connectivity index (χ3n) is 3.89. The van der Waals surface area contributed by atoms with Crippen LogP contribution in [0.2, 0.25) is 5.02 Å². The van der Waals surface area contributed by atoms with Gasteiger partial charge in [-0.3, -0.25) is 19.3 Å². The Hall–Kier alpha value is -2.50. The molecule has 2 heterocycles. The highest BCUT2D eigenvalue weighted by Gasteiger charge is 2.35. The Morgan fingerprint density at radius 2 is 1.94 bits per heavy atom. The van der Waals surface area contributed by atoms with Crippen LogP contribution in [0.4, 0.5) is 18.0 Å². The average Bonchev–Trinajstić information content (AvgIpc) is 2.96. The Morgan fingerprint density at radius 1 is 1.23 bits per heavy atom. The van der Waals surface area contributed by atoms with Crippen LogP contribution in [0.3, 0.4) is 0 Å². The Labute approximate surface area is 188 Å². The molecule has 12 heteroatoms. The van der Waals surface area contributed by atoms with E-state index in [0.717, 1.165) is 22.9 Å². The molecular weight excluding hydrogens is 475 g/mol. The van der Waals surface area contributed by atoms with Gasteiger partial charge >= 0.3 is 5.51 Å². The van der Waals surface area contributed by atoms with Crippen molar-refractivity contribution in [2.75, 3.05) is 13.1 Å². The van der Waals surface area contributed by atoms with E-state index in [0.29, 0.717) is 10.6 Å². The zero-order valence-electron chi connectivity index (χ0n) is 15.5. The maximum Gasteiger partial charge on any atom is 0.447 e. The van der Waals surface area contributed by atoms with Crippen LogP contribution in [0.1, 0.15) is 15.9 Å². The average molecular weight is 488 g/mol. The van der Waals surface area contributed by atoms with Crippen molar-refractivity contribution in [1.29, 1.82) is 0 Å². The van der Waals surface area contributed by atoms with Gasteiger partial charge in [0.1, 0.15) is 5.03 Å². The first-order valence-corrected chi connectivity index (χ1v) is 10.6. The van der Waals surface area contributed by atoms with Crippen LogP contribution in [0.5, 0.6) is 0 Å². The number of amides is 3. The molecular formula is C19H13ClF3N3O3S2. The second-order valence-corrected chi connectivity index (χ2v) is 8.53. The zero-order valence-corrected chi connectivity index (χ0v) is 17.9. The number of nitrogens with zero attached hydrogens (tertiary/aromatic N) is 2. The molecule has 1 aromatic carbocycles. The summed E-state index contributed by atoms with van der Waals surface area (Å²) >= 11 is 6.09. The van der Waals surface area contributed by atoms with Gasteiger partial charge in [0.15, 0.2) is 0 Å². The van der Waals surface area contributed by atoms with Crippen molar-refractivity contribution >= 4 is 58.3 Å². The molecule has 1 aliphatic heterocycles. The summed E-state index contributed by atoms with van der Waals surface area (Å²) in [7, 11) is 0. The number of hydrogen-bond acceptors (Lipinski definition) is 6. The molecule has 162 valence electrons. The van der Waals surface area contributed by atoms with Gasteiger partial charge in [-0.05, 0) is 47.7 Å². The highest BCUT2D eigenvalue weighted by Crippen LogP contribution is 2.37. The van der Waals surface area contributed by atoms with Crippen LogP contribution in [0.15, 0.2) is 52.5 Å². The lowest BCUT2D eigenvalue weighted by Crippen LogP contribution is -2.37. The smallest absolute Gasteiger partial charge is 0.350 e. The molecule has 0 bridgehead atoms. The van der Waals surface area contributed by atoms with Crippen LogP contribution in [-0.2, 0) is 4.79 Å². The lowest BCUT2D eigenvalue weighted by Gasteiger charge is -2.14. The molecule has 0 spiro atoms. The molecule has 1 aromatic heterocycles. The highest BCUT2D eigenvalue weighted by atomic mass is 35.5. The summed E-state index contributed by atoms with van der Waals surface area (Å²) in [6.45, 7) is -0.257. The molecule has 1 aliphatic rings. The molecule has 3 amide bonds. The summed E-state index contributed by atoms with van der Waals surface area (Å²) in [6.07, 6.45) is 2.70. The fourth-order valence-electron chi connectivity index (χ4n) is 2.53. The number of carbonyl (C=O) groups is 3. The van der Waals surface area contributed by atoms with Gasteiger partial charge in [-0.1, -0.05) is 23.7 Å². The minimum Gasteiger partial charge on any atom is -0.350 e. The van der Waals surface area contributed by atoms with Gasteiger partial charge in [0.25, 0.3) is 17.1 Å². The van der Waals surface area contributed by atoms with Gasteiger partial charge < -0.3 is 5.32 Å². The highest BCUT2D eigenvalue weighted by molar-refractivity contribution is 8.18. The lowest BCUT2D eigenvalue weighted by molar-refractivity contribution is -0.122. The normalized spacial score (nSPS) is 15.6. The van der Waals surface area contributed by atoms with Gasteiger partial charge in [0.2, 0.25) is 0 Å². The minimum absolute atomic E-state index is 0.129. The largest absolute Gasteiger partial charge is 0.447 e. The first kappa shape index (κ1) is 23.2. The van der Waals surface area contributed by atoms with Crippen LogP contribution in [0, 0.1) is 0 Å². The first-order chi connectivity index (χ1) is 14.6. The molecule has 0 radical (unpaired) electrons. The van der Waals surface area contributed by atoms with Gasteiger partial charge in [0.05, 0.1) is 10.5 Å². The number of carbonyl (C=O) groups excluding carboxylic acids is 3. The van der Waals surface area contributed by atoms with Crippen molar-refractivity contribution in [3.05, 3.63) is 63.6 Å². The number of halogens is 4. The van der Waals surface area contributed by atoms with E-state index in [1.165, 1.54) is 12.1 Å². The van der Waals surface area contributed by atoms with E-state index in [2.05, 4.69) is 10.3 Å². The van der Waals surface area contributed by atoms with E-state index in [4.69, 9.17) is 11.6 Å². The second-order valence-electron chi connectivity index (χ2n) is 6.04. The topological polar surface area (TPSA) is 79.4 Å². The van der Waals surface area contributed by atoms with Crippen LogP contribution in [-0.4, -0.2) is 45.5 Å². The quantitative estimate of drug-likeness (QED) is 0.465. The summed E-state index contributed by atoms with van der Waals surface area (Å²) in [4.78, 5) is 41.7. The third-order valence-corrected chi connectivity index (χ3v) is 5.80. The number of nitrogens with one attached hydrogen (secondary N) is 1. The first-order valence-electron chi connectivity index (χ1n) is 8.64. The maximum atomic E-state index is 12.6. The zero-order chi connectivity index (χ0) is 22.6. The van der Waals surface area contributed by atoms with Crippen molar-refractivity contribution in [2.45, 2.75) is 10.5 Å². The number of aromatic nitrogens is 1. The molecule has 0 saturated carbocycles. The summed E-state index contributed by atoms with van der Waals surface area (Å²) in [6, 6.07) is 9.24. The number of imide groups is 1. The van der Waals surface area contributed by atoms with Gasteiger partial charge in [-0.2, -0.15) is 13.2 Å². The molecule has 3 rings (SSSR count). The van der Waals surface area contributed by atoms with Crippen molar-refractivity contribution in [2.24, 2.45) is 0 Å². The number of benzene rings is 1. The summed E-state index contributed by atoms with van der Waals surface area (Å²) in [5.41, 5.74) is -4.15. The Bertz CT molecular complexity index is 1050. The molecule has 31 heavy (non-hydrogen) atoms. The Morgan fingerprint density at radius 3 is 2.61 bits per heavy atom. The van der Waals surface area contributed by atoms with Gasteiger partial charge in [0, 0.05) is 36.1 Å². The maximum absolute atomic E-state index is 12.6. The SMILES string of the molecule is O=C(NCCN1C(=O)S/C(=C/c2ccc(Cl)cc2)C1=O)c1cccnc1SC(F)(F)F. The van der Waals surface area contributed by atoms with Crippen molar-refractivity contribution in [3.63, 3.8) is 0 Å². The lowest BCUT2D eigenvalue weighted by atomic mass is 10.2. The molecule has 1 saturated heterocycles. The monoisotopic (exact) mass is 487 g/mol. The van der Waals surface area contributed by atoms with Crippen LogP contribution < -0.4 is 5.32 Å². The Balaban J connectivity index is 1.61. The predicted octanol–water partition coefficient (Wildman–Crippen LogP) is 4.81. The molecule has 0 atom stereocenters. The molecule has 0 aliphatic carbocycles. The molecule has 2 aromatic rings. The Kier molecular flexibility index (Phi) is 7.29. The number of alkyl halides is 3. The van der Waals surface area contributed by atoms with E-state index in [1.54, 1.807) is 30.3 Å². The molecule has 1 fully saturated rings. The molecule has 0 unspecified atom stereocenters. The number of rotatable bonds is 6. The van der Waals surface area contributed by atoms with E-state index < -0.39 is 39.3 Å². The van der Waals surface area contributed by atoms with Crippen LogP contribution >= 0.6 is 35.1 Å².